The minimum Gasteiger partial charge on any atom is -0.326 e. The fourth-order valence-corrected chi connectivity index (χ4v) is 6.67. The summed E-state index contributed by atoms with van der Waals surface area (Å²) in [6, 6.07) is 5.38. The third kappa shape index (κ3) is 5.34. The number of pyridine rings is 1. The molecule has 9 heteroatoms. The number of nitrogens with zero attached hydrogens (tertiary/aromatic N) is 1. The number of aromatic amines is 1. The highest BCUT2D eigenvalue weighted by atomic mass is 35.5. The number of aromatic nitrogens is 1. The van der Waals surface area contributed by atoms with Gasteiger partial charge in [0.05, 0.1) is 0 Å². The minimum absolute atomic E-state index is 0. The fourth-order valence-electron chi connectivity index (χ4n) is 3.97. The van der Waals surface area contributed by atoms with E-state index in [4.69, 9.17) is 0 Å². The largest absolute Gasteiger partial charge is 0.326 e. The predicted octanol–water partition coefficient (Wildman–Crippen LogP) is 3.55. The summed E-state index contributed by atoms with van der Waals surface area (Å²) in [6.07, 6.45) is 5.07. The molecule has 2 fully saturated rings. The van der Waals surface area contributed by atoms with Crippen molar-refractivity contribution in [2.45, 2.75) is 56.2 Å². The molecule has 2 N–H and O–H groups in total. The van der Waals surface area contributed by atoms with Crippen LogP contribution in [0.5, 0.6) is 0 Å². The number of H-pyrrole nitrogens is 1. The molecular weight excluding hydrogens is 442 g/mol. The van der Waals surface area contributed by atoms with Gasteiger partial charge < -0.3 is 9.88 Å². The molecule has 2 aromatic heterocycles. The number of thiophene rings is 1. The van der Waals surface area contributed by atoms with Crippen LogP contribution in [-0.2, 0) is 16.4 Å². The molecule has 0 aromatic carbocycles. The number of likely N-dealkylation sites (tertiary alicyclic amines) is 1. The summed E-state index contributed by atoms with van der Waals surface area (Å²) in [5.74, 6) is 0.873. The molecule has 0 amide bonds. The van der Waals surface area contributed by atoms with Crippen LogP contribution in [0.4, 0.5) is 0 Å². The standard InChI is InChI=1S/C21H29N3O3S2.ClH/c1-3-16-12-18(14(2)22-21(16)25)19-6-7-20(28-19)29(26,27)23-17-8-10-24(11-9-17)13-15-4-5-15;/h6-7,12,15,17,23H,3-5,8-11,13H2,1-2H3,(H,22,25);1H. The van der Waals surface area contributed by atoms with E-state index < -0.39 is 10.0 Å². The van der Waals surface area contributed by atoms with Gasteiger partial charge in [-0.25, -0.2) is 13.1 Å². The maximum atomic E-state index is 12.9. The number of rotatable bonds is 7. The Morgan fingerprint density at radius 3 is 2.53 bits per heavy atom. The highest BCUT2D eigenvalue weighted by Crippen LogP contribution is 2.33. The van der Waals surface area contributed by atoms with Gasteiger partial charge in [0, 0.05) is 34.3 Å². The molecule has 0 radical (unpaired) electrons. The average Bonchev–Trinajstić information content (AvgIpc) is 3.35. The van der Waals surface area contributed by atoms with Gasteiger partial charge >= 0.3 is 0 Å². The molecule has 1 aliphatic heterocycles. The Balaban J connectivity index is 0.00000256. The van der Waals surface area contributed by atoms with Crippen molar-refractivity contribution in [3.8, 4) is 10.4 Å². The molecule has 1 saturated carbocycles. The molecule has 0 unspecified atom stereocenters. The summed E-state index contributed by atoms with van der Waals surface area (Å²) in [4.78, 5) is 18.2. The van der Waals surface area contributed by atoms with E-state index in [0.717, 1.165) is 48.0 Å². The number of aryl methyl sites for hydroxylation is 2. The lowest BCUT2D eigenvalue weighted by Crippen LogP contribution is -2.44. The fraction of sp³-hybridized carbons (Fsp3) is 0.571. The third-order valence-electron chi connectivity index (χ3n) is 5.93. The number of hydrogen-bond acceptors (Lipinski definition) is 5. The molecule has 2 aromatic rings. The number of piperidine rings is 1. The Hall–Kier alpha value is -1.19. The van der Waals surface area contributed by atoms with E-state index in [1.54, 1.807) is 6.07 Å². The zero-order chi connectivity index (χ0) is 20.6. The van der Waals surface area contributed by atoms with Crippen molar-refractivity contribution in [2.24, 2.45) is 5.92 Å². The molecular formula is C21H30ClN3O3S2. The van der Waals surface area contributed by atoms with Crippen molar-refractivity contribution < 1.29 is 8.42 Å². The Bertz CT molecular complexity index is 1040. The number of nitrogens with one attached hydrogen (secondary N) is 2. The number of halogens is 1. The quantitative estimate of drug-likeness (QED) is 0.647. The Labute approximate surface area is 188 Å². The molecule has 0 spiro atoms. The van der Waals surface area contributed by atoms with Gasteiger partial charge in [-0.1, -0.05) is 6.92 Å². The SMILES string of the molecule is CCc1cc(-c2ccc(S(=O)(=O)NC3CCN(CC4CC4)CC3)s2)c(C)[nH]c1=O.Cl. The topological polar surface area (TPSA) is 82.3 Å². The molecule has 4 rings (SSSR count). The summed E-state index contributed by atoms with van der Waals surface area (Å²) in [6.45, 7) is 6.89. The molecule has 3 heterocycles. The van der Waals surface area contributed by atoms with Crippen LogP contribution >= 0.6 is 23.7 Å². The molecule has 0 atom stereocenters. The van der Waals surface area contributed by atoms with Crippen molar-refractivity contribution in [3.05, 3.63) is 39.8 Å². The van der Waals surface area contributed by atoms with E-state index >= 15 is 0 Å². The van der Waals surface area contributed by atoms with Gasteiger partial charge in [-0.2, -0.15) is 0 Å². The smallest absolute Gasteiger partial charge is 0.251 e. The lowest BCUT2D eigenvalue weighted by atomic mass is 10.1. The van der Waals surface area contributed by atoms with Crippen LogP contribution in [0, 0.1) is 12.8 Å². The highest BCUT2D eigenvalue weighted by Gasteiger charge is 2.29. The first-order valence-corrected chi connectivity index (χ1v) is 12.7. The first-order valence-electron chi connectivity index (χ1n) is 10.4. The van der Waals surface area contributed by atoms with Crippen molar-refractivity contribution >= 4 is 33.8 Å². The second kappa shape index (κ2) is 9.53. The van der Waals surface area contributed by atoms with E-state index in [-0.39, 0.29) is 24.0 Å². The van der Waals surface area contributed by atoms with Gasteiger partial charge in [0.25, 0.3) is 5.56 Å². The first-order chi connectivity index (χ1) is 13.9. The molecule has 2 aliphatic rings. The summed E-state index contributed by atoms with van der Waals surface area (Å²) >= 11 is 1.26. The van der Waals surface area contributed by atoms with E-state index in [1.165, 1.54) is 30.7 Å². The Morgan fingerprint density at radius 2 is 1.90 bits per heavy atom. The number of hydrogen-bond donors (Lipinski definition) is 2. The van der Waals surface area contributed by atoms with Crippen LogP contribution in [-0.4, -0.2) is 44.0 Å². The number of sulfonamides is 1. The van der Waals surface area contributed by atoms with E-state index in [9.17, 15) is 13.2 Å². The van der Waals surface area contributed by atoms with Gasteiger partial charge in [-0.05, 0) is 76.2 Å². The summed E-state index contributed by atoms with van der Waals surface area (Å²) in [7, 11) is -3.53. The molecule has 166 valence electrons. The monoisotopic (exact) mass is 471 g/mol. The molecule has 1 aliphatic carbocycles. The van der Waals surface area contributed by atoms with Crippen molar-refractivity contribution in [1.29, 1.82) is 0 Å². The van der Waals surface area contributed by atoms with E-state index in [1.807, 2.05) is 26.0 Å². The lowest BCUT2D eigenvalue weighted by molar-refractivity contribution is 0.200. The van der Waals surface area contributed by atoms with Gasteiger partial charge in [0.2, 0.25) is 10.0 Å². The van der Waals surface area contributed by atoms with Crippen LogP contribution in [0.1, 0.15) is 43.9 Å². The van der Waals surface area contributed by atoms with Crippen LogP contribution in [0.15, 0.2) is 27.2 Å². The third-order valence-corrected chi connectivity index (χ3v) is 9.06. The van der Waals surface area contributed by atoms with Gasteiger partial charge in [0.15, 0.2) is 0 Å². The molecule has 30 heavy (non-hydrogen) atoms. The van der Waals surface area contributed by atoms with Crippen LogP contribution in [0.3, 0.4) is 0 Å². The zero-order valence-electron chi connectivity index (χ0n) is 17.4. The van der Waals surface area contributed by atoms with Crippen LogP contribution < -0.4 is 10.3 Å². The summed E-state index contributed by atoms with van der Waals surface area (Å²) < 4.78 is 29.0. The summed E-state index contributed by atoms with van der Waals surface area (Å²) in [5.41, 5.74) is 2.28. The second-order valence-corrected chi connectivity index (χ2v) is 11.3. The van der Waals surface area contributed by atoms with Crippen molar-refractivity contribution in [1.82, 2.24) is 14.6 Å². The highest BCUT2D eigenvalue weighted by molar-refractivity contribution is 7.91. The van der Waals surface area contributed by atoms with Gasteiger partial charge in [0.1, 0.15) is 4.21 Å². The van der Waals surface area contributed by atoms with Crippen molar-refractivity contribution in [3.63, 3.8) is 0 Å². The lowest BCUT2D eigenvalue weighted by Gasteiger charge is -2.32. The van der Waals surface area contributed by atoms with E-state index in [2.05, 4.69) is 14.6 Å². The van der Waals surface area contributed by atoms with Crippen molar-refractivity contribution in [2.75, 3.05) is 19.6 Å². The average molecular weight is 472 g/mol. The van der Waals surface area contributed by atoms with Crippen LogP contribution in [0.2, 0.25) is 0 Å². The minimum atomic E-state index is -3.53. The van der Waals surface area contributed by atoms with E-state index in [0.29, 0.717) is 16.2 Å². The Morgan fingerprint density at radius 1 is 1.20 bits per heavy atom. The molecule has 1 saturated heterocycles. The maximum absolute atomic E-state index is 12.9. The Kier molecular flexibility index (Phi) is 7.45. The zero-order valence-corrected chi connectivity index (χ0v) is 19.9. The molecule has 6 nitrogen and oxygen atoms in total. The second-order valence-electron chi connectivity index (χ2n) is 8.27. The normalized spacial score (nSPS) is 18.3. The molecule has 0 bridgehead atoms. The predicted molar refractivity (Wildman–Crippen MR) is 124 cm³/mol. The van der Waals surface area contributed by atoms with Gasteiger partial charge in [-0.3, -0.25) is 4.79 Å². The van der Waals surface area contributed by atoms with Crippen LogP contribution in [0.25, 0.3) is 10.4 Å². The first kappa shape index (κ1) is 23.5. The maximum Gasteiger partial charge on any atom is 0.251 e. The van der Waals surface area contributed by atoms with Gasteiger partial charge in [-0.15, -0.1) is 23.7 Å². The summed E-state index contributed by atoms with van der Waals surface area (Å²) in [5, 5.41) is 0.